The molecule has 0 aliphatic heterocycles. The van der Waals surface area contributed by atoms with Gasteiger partial charge in [0.05, 0.1) is 17.7 Å². The van der Waals surface area contributed by atoms with Crippen LogP contribution in [0.3, 0.4) is 0 Å². The summed E-state index contributed by atoms with van der Waals surface area (Å²) >= 11 is 9.64. The van der Waals surface area contributed by atoms with Crippen molar-refractivity contribution < 1.29 is 22.7 Å². The SMILES string of the molecule is CC[C@H](C)NC(=O)[C@@H](Cc1ccccc1)N(Cc1cccc(Br)c1)C(=O)CN(c1ccc(Cl)cc1)S(=O)(=O)c1ccc(OC)cc1. The van der Waals surface area contributed by atoms with Crippen molar-refractivity contribution in [3.63, 3.8) is 0 Å². The molecule has 0 aliphatic carbocycles. The first-order chi connectivity index (χ1) is 22.0. The van der Waals surface area contributed by atoms with E-state index in [4.69, 9.17) is 16.3 Å². The van der Waals surface area contributed by atoms with Gasteiger partial charge in [0, 0.05) is 28.5 Å². The van der Waals surface area contributed by atoms with E-state index >= 15 is 0 Å². The fraction of sp³-hybridized carbons (Fsp3) is 0.257. The van der Waals surface area contributed by atoms with Gasteiger partial charge in [-0.05, 0) is 85.1 Å². The molecule has 2 atom stereocenters. The minimum atomic E-state index is -4.25. The Balaban J connectivity index is 1.80. The molecule has 0 saturated heterocycles. The quantitative estimate of drug-likeness (QED) is 0.153. The van der Waals surface area contributed by atoms with Crippen molar-refractivity contribution in [2.75, 3.05) is 18.0 Å². The maximum Gasteiger partial charge on any atom is 0.264 e. The van der Waals surface area contributed by atoms with E-state index in [-0.39, 0.29) is 35.5 Å². The van der Waals surface area contributed by atoms with Crippen LogP contribution in [-0.4, -0.2) is 50.9 Å². The molecule has 4 aromatic carbocycles. The number of methoxy groups -OCH3 is 1. The van der Waals surface area contributed by atoms with E-state index in [9.17, 15) is 18.0 Å². The Morgan fingerprint density at radius 2 is 1.57 bits per heavy atom. The average Bonchev–Trinajstić information content (AvgIpc) is 3.06. The number of ether oxygens (including phenoxy) is 1. The van der Waals surface area contributed by atoms with Gasteiger partial charge in [-0.3, -0.25) is 13.9 Å². The van der Waals surface area contributed by atoms with E-state index in [2.05, 4.69) is 21.2 Å². The zero-order valence-corrected chi connectivity index (χ0v) is 29.1. The van der Waals surface area contributed by atoms with Gasteiger partial charge < -0.3 is 15.0 Å². The van der Waals surface area contributed by atoms with Gasteiger partial charge in [0.2, 0.25) is 11.8 Å². The number of sulfonamides is 1. The van der Waals surface area contributed by atoms with Crippen LogP contribution in [0.5, 0.6) is 5.75 Å². The standard InChI is InChI=1S/C35H37BrClN3O5S/c1-4-25(2)38-35(42)33(22-26-9-6-5-7-10-26)39(23-27-11-8-12-28(36)21-27)34(41)24-40(30-15-13-29(37)14-16-30)46(43,44)32-19-17-31(45-3)18-20-32/h5-21,25,33H,4,22-24H2,1-3H3,(H,38,42)/t25-,33+/m0/s1. The molecule has 4 aromatic rings. The molecule has 2 amide bonds. The third-order valence-corrected chi connectivity index (χ3v) is 10.1. The Kier molecular flexibility index (Phi) is 12.3. The molecule has 0 aromatic heterocycles. The molecule has 8 nitrogen and oxygen atoms in total. The van der Waals surface area contributed by atoms with Crippen LogP contribution in [0.1, 0.15) is 31.4 Å². The van der Waals surface area contributed by atoms with Crippen molar-refractivity contribution in [3.05, 3.63) is 124 Å². The summed E-state index contributed by atoms with van der Waals surface area (Å²) in [6.45, 7) is 3.38. The molecule has 46 heavy (non-hydrogen) atoms. The summed E-state index contributed by atoms with van der Waals surface area (Å²) in [5, 5.41) is 3.45. The summed E-state index contributed by atoms with van der Waals surface area (Å²) in [6, 6.07) is 28.0. The Morgan fingerprint density at radius 3 is 2.17 bits per heavy atom. The van der Waals surface area contributed by atoms with Gasteiger partial charge in [0.1, 0.15) is 18.3 Å². The van der Waals surface area contributed by atoms with Crippen LogP contribution in [0.2, 0.25) is 5.02 Å². The highest BCUT2D eigenvalue weighted by molar-refractivity contribution is 9.10. The fourth-order valence-corrected chi connectivity index (χ4v) is 6.82. The van der Waals surface area contributed by atoms with Crippen molar-refractivity contribution in [1.29, 1.82) is 0 Å². The molecule has 0 aliphatic rings. The summed E-state index contributed by atoms with van der Waals surface area (Å²) in [5.41, 5.74) is 1.88. The second-order valence-electron chi connectivity index (χ2n) is 10.8. The lowest BCUT2D eigenvalue weighted by atomic mass is 10.0. The lowest BCUT2D eigenvalue weighted by Crippen LogP contribution is -2.54. The van der Waals surface area contributed by atoms with Gasteiger partial charge in [-0.15, -0.1) is 0 Å². The lowest BCUT2D eigenvalue weighted by molar-refractivity contribution is -0.140. The van der Waals surface area contributed by atoms with Gasteiger partial charge in [0.15, 0.2) is 0 Å². The molecule has 4 rings (SSSR count). The average molecular weight is 727 g/mol. The molecule has 0 bridgehead atoms. The minimum absolute atomic E-state index is 0.0232. The van der Waals surface area contributed by atoms with Crippen molar-refractivity contribution in [1.82, 2.24) is 10.2 Å². The topological polar surface area (TPSA) is 96.0 Å². The number of nitrogens with zero attached hydrogens (tertiary/aromatic N) is 2. The van der Waals surface area contributed by atoms with Crippen molar-refractivity contribution >= 4 is 55.1 Å². The highest BCUT2D eigenvalue weighted by Gasteiger charge is 2.35. The van der Waals surface area contributed by atoms with E-state index < -0.39 is 28.5 Å². The summed E-state index contributed by atoms with van der Waals surface area (Å²) in [7, 11) is -2.76. The van der Waals surface area contributed by atoms with E-state index in [0.717, 1.165) is 19.9 Å². The highest BCUT2D eigenvalue weighted by atomic mass is 79.9. The molecule has 0 heterocycles. The normalized spacial score (nSPS) is 12.5. The van der Waals surface area contributed by atoms with Crippen molar-refractivity contribution in [3.8, 4) is 5.75 Å². The number of nitrogens with one attached hydrogen (secondary N) is 1. The zero-order valence-electron chi connectivity index (χ0n) is 25.9. The summed E-state index contributed by atoms with van der Waals surface area (Å²) < 4.78 is 35.4. The van der Waals surface area contributed by atoms with Gasteiger partial charge >= 0.3 is 0 Å². The number of halogens is 2. The Morgan fingerprint density at radius 1 is 0.913 bits per heavy atom. The second kappa shape index (κ2) is 16.1. The molecular formula is C35H37BrClN3O5S. The van der Waals surface area contributed by atoms with Gasteiger partial charge in [0.25, 0.3) is 10.0 Å². The van der Waals surface area contributed by atoms with Crippen LogP contribution in [0.25, 0.3) is 0 Å². The van der Waals surface area contributed by atoms with Crippen LogP contribution in [0.15, 0.2) is 112 Å². The smallest absolute Gasteiger partial charge is 0.264 e. The number of rotatable bonds is 14. The van der Waals surface area contributed by atoms with E-state index in [1.165, 1.54) is 24.1 Å². The molecule has 1 N–H and O–H groups in total. The van der Waals surface area contributed by atoms with Gasteiger partial charge in [-0.25, -0.2) is 8.42 Å². The van der Waals surface area contributed by atoms with Crippen molar-refractivity contribution in [2.24, 2.45) is 0 Å². The highest BCUT2D eigenvalue weighted by Crippen LogP contribution is 2.27. The molecule has 11 heteroatoms. The first kappa shape index (κ1) is 35.0. The number of hydrogen-bond acceptors (Lipinski definition) is 5. The first-order valence-electron chi connectivity index (χ1n) is 14.8. The van der Waals surface area contributed by atoms with Crippen LogP contribution in [0, 0.1) is 0 Å². The molecule has 0 saturated carbocycles. The van der Waals surface area contributed by atoms with Gasteiger partial charge in [-0.1, -0.05) is 76.9 Å². The fourth-order valence-electron chi connectivity index (χ4n) is 4.84. The third kappa shape index (κ3) is 9.11. The molecule has 0 spiro atoms. The Bertz CT molecular complexity index is 1720. The maximum atomic E-state index is 14.5. The first-order valence-corrected chi connectivity index (χ1v) is 17.4. The minimum Gasteiger partial charge on any atom is -0.497 e. The number of amides is 2. The molecule has 0 radical (unpaired) electrons. The van der Waals surface area contributed by atoms with Crippen LogP contribution >= 0.6 is 27.5 Å². The summed E-state index contributed by atoms with van der Waals surface area (Å²) in [4.78, 5) is 29.9. The Labute approximate surface area is 284 Å². The summed E-state index contributed by atoms with van der Waals surface area (Å²) in [5.74, 6) is -0.380. The maximum absolute atomic E-state index is 14.5. The van der Waals surface area contributed by atoms with Crippen molar-refractivity contribution in [2.45, 2.75) is 50.2 Å². The molecular weight excluding hydrogens is 690 g/mol. The van der Waals surface area contributed by atoms with E-state index in [1.807, 2.05) is 68.4 Å². The lowest BCUT2D eigenvalue weighted by Gasteiger charge is -2.34. The van der Waals surface area contributed by atoms with E-state index in [1.54, 1.807) is 36.4 Å². The number of carbonyl (C=O) groups is 2. The van der Waals surface area contributed by atoms with Gasteiger partial charge in [-0.2, -0.15) is 0 Å². The van der Waals surface area contributed by atoms with Crippen LogP contribution in [-0.2, 0) is 32.6 Å². The van der Waals surface area contributed by atoms with Crippen LogP contribution < -0.4 is 14.4 Å². The summed E-state index contributed by atoms with van der Waals surface area (Å²) in [6.07, 6.45) is 0.933. The largest absolute Gasteiger partial charge is 0.497 e. The number of benzene rings is 4. The van der Waals surface area contributed by atoms with E-state index in [0.29, 0.717) is 17.2 Å². The predicted molar refractivity (Wildman–Crippen MR) is 185 cm³/mol. The Hall–Kier alpha value is -3.86. The molecule has 0 fully saturated rings. The number of carbonyl (C=O) groups excluding carboxylic acids is 2. The third-order valence-electron chi connectivity index (χ3n) is 7.55. The monoisotopic (exact) mass is 725 g/mol. The molecule has 0 unspecified atom stereocenters. The number of hydrogen-bond donors (Lipinski definition) is 1. The second-order valence-corrected chi connectivity index (χ2v) is 14.1. The predicted octanol–water partition coefficient (Wildman–Crippen LogP) is 6.86. The van der Waals surface area contributed by atoms with Crippen LogP contribution in [0.4, 0.5) is 5.69 Å². The zero-order chi connectivity index (χ0) is 33.3. The number of anilines is 1. The molecule has 242 valence electrons.